The predicted molar refractivity (Wildman–Crippen MR) is 68.4 cm³/mol. The van der Waals surface area contributed by atoms with Crippen LogP contribution >= 0.6 is 0 Å². The first-order valence-electron chi connectivity index (χ1n) is 6.57. The summed E-state index contributed by atoms with van der Waals surface area (Å²) < 4.78 is 4.79. The second kappa shape index (κ2) is 6.41. The van der Waals surface area contributed by atoms with Gasteiger partial charge >= 0.3 is 5.97 Å². The van der Waals surface area contributed by atoms with Crippen molar-refractivity contribution in [2.24, 2.45) is 11.8 Å². The number of methoxy groups -OCH3 is 1. The van der Waals surface area contributed by atoms with Crippen LogP contribution in [0.3, 0.4) is 0 Å². The highest BCUT2D eigenvalue weighted by Gasteiger charge is 2.29. The maximum absolute atomic E-state index is 12.1. The first-order chi connectivity index (χ1) is 9.20. The van der Waals surface area contributed by atoms with E-state index in [2.05, 4.69) is 9.97 Å². The summed E-state index contributed by atoms with van der Waals surface area (Å²) in [5.74, 6) is -0.254. The fraction of sp³-hybridized carbons (Fsp3) is 0.571. The van der Waals surface area contributed by atoms with Gasteiger partial charge in [0.05, 0.1) is 19.2 Å². The molecule has 0 spiro atoms. The normalized spacial score (nSPS) is 16.5. The summed E-state index contributed by atoms with van der Waals surface area (Å²) in [5.41, 5.74) is 0.310. The van der Waals surface area contributed by atoms with E-state index < -0.39 is 0 Å². The van der Waals surface area contributed by atoms with Gasteiger partial charge in [0.1, 0.15) is 5.69 Å². The van der Waals surface area contributed by atoms with E-state index in [4.69, 9.17) is 4.74 Å². The largest absolute Gasteiger partial charge is 0.469 e. The number of hydrogen-bond acceptors (Lipinski definition) is 5. The van der Waals surface area contributed by atoms with E-state index in [0.29, 0.717) is 11.6 Å². The third-order valence-electron chi connectivity index (χ3n) is 3.66. The minimum Gasteiger partial charge on any atom is -0.469 e. The van der Waals surface area contributed by atoms with Crippen molar-refractivity contribution >= 4 is 11.8 Å². The Hall–Kier alpha value is -1.78. The molecule has 0 amide bonds. The minimum absolute atomic E-state index is 0.150. The van der Waals surface area contributed by atoms with E-state index in [1.807, 2.05) is 0 Å². The number of Topliss-reactive ketones (excluding diaryl/α,β-unsaturated/α-hetero) is 1. The van der Waals surface area contributed by atoms with Crippen LogP contribution < -0.4 is 0 Å². The molecule has 1 atom stereocenters. The highest BCUT2D eigenvalue weighted by Crippen LogP contribution is 2.33. The van der Waals surface area contributed by atoms with Crippen LogP contribution in [-0.4, -0.2) is 28.8 Å². The van der Waals surface area contributed by atoms with Gasteiger partial charge in [-0.2, -0.15) is 0 Å². The quantitative estimate of drug-likeness (QED) is 0.579. The van der Waals surface area contributed by atoms with Crippen molar-refractivity contribution < 1.29 is 14.3 Å². The molecule has 1 fully saturated rings. The van der Waals surface area contributed by atoms with Crippen molar-refractivity contribution in [2.75, 3.05) is 7.11 Å². The average Bonchev–Trinajstić information content (AvgIpc) is 2.41. The summed E-state index contributed by atoms with van der Waals surface area (Å²) in [5, 5.41) is 0. The Kier molecular flexibility index (Phi) is 4.60. The van der Waals surface area contributed by atoms with Crippen LogP contribution in [0.5, 0.6) is 0 Å². The maximum atomic E-state index is 12.1. The molecule has 5 heteroatoms. The van der Waals surface area contributed by atoms with Gasteiger partial charge < -0.3 is 4.74 Å². The first-order valence-corrected chi connectivity index (χ1v) is 6.57. The summed E-state index contributed by atoms with van der Waals surface area (Å²) >= 11 is 0. The Morgan fingerprint density at radius 2 is 2.21 bits per heavy atom. The fourth-order valence-corrected chi connectivity index (χ4v) is 2.33. The molecule has 0 bridgehead atoms. The van der Waals surface area contributed by atoms with Crippen molar-refractivity contribution in [3.8, 4) is 0 Å². The SMILES string of the molecule is COC(=O)[C@@H](CC(=O)c1cnccn1)CC1CCC1. The second-order valence-corrected chi connectivity index (χ2v) is 4.97. The Labute approximate surface area is 112 Å². The van der Waals surface area contributed by atoms with Gasteiger partial charge in [0.15, 0.2) is 5.78 Å². The highest BCUT2D eigenvalue weighted by atomic mass is 16.5. The van der Waals surface area contributed by atoms with Crippen molar-refractivity contribution in [2.45, 2.75) is 32.1 Å². The molecule has 0 radical (unpaired) electrons. The van der Waals surface area contributed by atoms with Crippen LogP contribution in [0.4, 0.5) is 0 Å². The highest BCUT2D eigenvalue weighted by molar-refractivity contribution is 5.96. The van der Waals surface area contributed by atoms with Crippen LogP contribution in [0.2, 0.25) is 0 Å². The van der Waals surface area contributed by atoms with Crippen LogP contribution in [0.15, 0.2) is 18.6 Å². The summed E-state index contributed by atoms with van der Waals surface area (Å²) in [7, 11) is 1.36. The number of carbonyl (C=O) groups excluding carboxylic acids is 2. The first kappa shape index (κ1) is 13.6. The average molecular weight is 262 g/mol. The molecule has 1 saturated carbocycles. The zero-order valence-electron chi connectivity index (χ0n) is 11.0. The Morgan fingerprint density at radius 3 is 2.74 bits per heavy atom. The number of esters is 1. The van der Waals surface area contributed by atoms with Gasteiger partial charge in [-0.05, 0) is 12.3 Å². The molecule has 1 aliphatic carbocycles. The lowest BCUT2D eigenvalue weighted by Gasteiger charge is -2.28. The van der Waals surface area contributed by atoms with E-state index in [9.17, 15) is 9.59 Å². The zero-order valence-corrected chi connectivity index (χ0v) is 11.0. The fourth-order valence-electron chi connectivity index (χ4n) is 2.33. The molecular weight excluding hydrogens is 244 g/mol. The molecule has 0 saturated heterocycles. The van der Waals surface area contributed by atoms with Crippen molar-refractivity contribution in [1.29, 1.82) is 0 Å². The van der Waals surface area contributed by atoms with Crippen LogP contribution in [0, 0.1) is 11.8 Å². The van der Waals surface area contributed by atoms with E-state index in [-0.39, 0.29) is 24.1 Å². The summed E-state index contributed by atoms with van der Waals surface area (Å²) in [6.45, 7) is 0. The summed E-state index contributed by atoms with van der Waals surface area (Å²) in [6.07, 6.45) is 8.83. The molecule has 102 valence electrons. The number of ketones is 1. The van der Waals surface area contributed by atoms with Gasteiger partial charge in [0.25, 0.3) is 0 Å². The third-order valence-corrected chi connectivity index (χ3v) is 3.66. The van der Waals surface area contributed by atoms with Crippen LogP contribution in [0.25, 0.3) is 0 Å². The van der Waals surface area contributed by atoms with Gasteiger partial charge in [-0.1, -0.05) is 19.3 Å². The Balaban J connectivity index is 1.98. The summed E-state index contributed by atoms with van der Waals surface area (Å²) in [6, 6.07) is 0. The molecule has 0 aliphatic heterocycles. The van der Waals surface area contributed by atoms with Crippen LogP contribution in [0.1, 0.15) is 42.6 Å². The molecule has 19 heavy (non-hydrogen) atoms. The van der Waals surface area contributed by atoms with Gasteiger partial charge in [0.2, 0.25) is 0 Å². The number of rotatable bonds is 6. The molecule has 0 aromatic carbocycles. The van der Waals surface area contributed by atoms with E-state index >= 15 is 0 Å². The van der Waals surface area contributed by atoms with Gasteiger partial charge in [0, 0.05) is 18.8 Å². The molecule has 2 rings (SSSR count). The molecule has 1 heterocycles. The van der Waals surface area contributed by atoms with Gasteiger partial charge in [-0.15, -0.1) is 0 Å². The number of hydrogen-bond donors (Lipinski definition) is 0. The summed E-state index contributed by atoms with van der Waals surface area (Å²) in [4.78, 5) is 31.6. The maximum Gasteiger partial charge on any atom is 0.309 e. The Bertz CT molecular complexity index is 443. The second-order valence-electron chi connectivity index (χ2n) is 4.97. The minimum atomic E-state index is -0.357. The lowest BCUT2D eigenvalue weighted by Crippen LogP contribution is -2.25. The number of ether oxygens (including phenoxy) is 1. The van der Waals surface area contributed by atoms with Gasteiger partial charge in [-0.3, -0.25) is 14.6 Å². The molecule has 1 aliphatic rings. The number of carbonyl (C=O) groups is 2. The van der Waals surface area contributed by atoms with Crippen LogP contribution in [-0.2, 0) is 9.53 Å². The molecule has 1 aromatic heterocycles. The van der Waals surface area contributed by atoms with Crippen molar-refractivity contribution in [3.05, 3.63) is 24.3 Å². The van der Waals surface area contributed by atoms with Gasteiger partial charge in [-0.25, -0.2) is 4.98 Å². The Morgan fingerprint density at radius 1 is 1.42 bits per heavy atom. The molecular formula is C14H18N2O3. The zero-order chi connectivity index (χ0) is 13.7. The smallest absolute Gasteiger partial charge is 0.309 e. The third kappa shape index (κ3) is 3.59. The van der Waals surface area contributed by atoms with Crippen molar-refractivity contribution in [3.63, 3.8) is 0 Å². The van der Waals surface area contributed by atoms with E-state index in [0.717, 1.165) is 19.3 Å². The lowest BCUT2D eigenvalue weighted by atomic mass is 9.78. The standard InChI is InChI=1S/C14H18N2O3/c1-19-14(18)11(7-10-3-2-4-10)8-13(17)12-9-15-5-6-16-12/h5-6,9-11H,2-4,7-8H2,1H3/t11-/m1/s1. The lowest BCUT2D eigenvalue weighted by molar-refractivity contribution is -0.146. The number of nitrogens with zero attached hydrogens (tertiary/aromatic N) is 2. The molecule has 0 unspecified atom stereocenters. The topological polar surface area (TPSA) is 69.2 Å². The number of aromatic nitrogens is 2. The predicted octanol–water partition coefficient (Wildman–Crippen LogP) is 2.03. The molecule has 1 aromatic rings. The molecule has 5 nitrogen and oxygen atoms in total. The molecule has 0 N–H and O–H groups in total. The monoisotopic (exact) mass is 262 g/mol. The van der Waals surface area contributed by atoms with E-state index in [1.54, 1.807) is 0 Å². The van der Waals surface area contributed by atoms with Crippen molar-refractivity contribution in [1.82, 2.24) is 9.97 Å². The van der Waals surface area contributed by atoms with E-state index in [1.165, 1.54) is 32.1 Å².